The number of hydrogen-bond donors (Lipinski definition) is 4. The zero-order chi connectivity index (χ0) is 31.0. The van der Waals surface area contributed by atoms with Crippen LogP contribution in [-0.2, 0) is 33.2 Å². The molecule has 13 nitrogen and oxygen atoms in total. The fourth-order valence-electron chi connectivity index (χ4n) is 4.44. The second-order valence-corrected chi connectivity index (χ2v) is 10.4. The van der Waals surface area contributed by atoms with Gasteiger partial charge < -0.3 is 34.9 Å². The van der Waals surface area contributed by atoms with E-state index in [-0.39, 0.29) is 18.0 Å². The Morgan fingerprint density at radius 2 is 1.76 bits per heavy atom. The van der Waals surface area contributed by atoms with Crippen LogP contribution >= 0.6 is 0 Å². The quantitative estimate of drug-likeness (QED) is 0.207. The molecule has 4 N–H and O–H groups in total. The third kappa shape index (κ3) is 8.14. The number of carboxylic acid groups (broad SMARTS) is 1. The van der Waals surface area contributed by atoms with Crippen molar-refractivity contribution in [3.8, 4) is 11.3 Å². The highest BCUT2D eigenvalue weighted by atomic mass is 16.7. The predicted octanol–water partition coefficient (Wildman–Crippen LogP) is 1.14. The van der Waals surface area contributed by atoms with Gasteiger partial charge in [-0.15, -0.1) is 0 Å². The average Bonchev–Trinajstić information content (AvgIpc) is 2.95. The molecule has 2 heterocycles. The molecule has 14 heteroatoms. The van der Waals surface area contributed by atoms with Crippen molar-refractivity contribution >= 4 is 36.8 Å². The minimum atomic E-state index is -2.28. The zero-order valence-electron chi connectivity index (χ0n) is 23.7. The van der Waals surface area contributed by atoms with Crippen LogP contribution in [0.2, 0.25) is 0 Å². The van der Waals surface area contributed by atoms with E-state index in [0.717, 1.165) is 12.7 Å². The van der Waals surface area contributed by atoms with E-state index in [1.807, 2.05) is 44.2 Å². The monoisotopic (exact) mass is 583 g/mol. The number of carboxylic acids is 1. The number of carbonyl (C=O) groups excluding carboxylic acids is 4. The lowest BCUT2D eigenvalue weighted by atomic mass is 9.70. The molecule has 0 spiro atoms. The van der Waals surface area contributed by atoms with E-state index in [2.05, 4.69) is 20.4 Å². The normalized spacial score (nSPS) is 18.8. The first-order chi connectivity index (χ1) is 19.8. The number of aliphatic hydroxyl groups excluding tert-OH is 1. The molecule has 2 aromatic rings. The highest BCUT2D eigenvalue weighted by Crippen LogP contribution is 2.30. The van der Waals surface area contributed by atoms with Crippen LogP contribution in [0.15, 0.2) is 48.5 Å². The predicted molar refractivity (Wildman–Crippen MR) is 149 cm³/mol. The summed E-state index contributed by atoms with van der Waals surface area (Å²) in [4.78, 5) is 67.4. The van der Waals surface area contributed by atoms with Crippen molar-refractivity contribution in [1.82, 2.24) is 15.6 Å². The highest BCUT2D eigenvalue weighted by molar-refractivity contribution is 6.50. The van der Waals surface area contributed by atoms with Crippen molar-refractivity contribution in [3.63, 3.8) is 0 Å². The summed E-state index contributed by atoms with van der Waals surface area (Å²) in [6, 6.07) is 12.5. The maximum atomic E-state index is 13.4. The maximum Gasteiger partial charge on any atom is 0.552 e. The van der Waals surface area contributed by atoms with Crippen LogP contribution in [0.5, 0.6) is 0 Å². The standard InChI is InChI=1S/C28H34BN3O10/c1-16(2)13-21(29-41-23(35)15-28(42-29,27(38)39)14-22(34)40-4)31-26(37)24(17(3)33)32-25(36)20-12-8-11-19(30-20)18-9-6-5-7-10-18/h5-12,16-17,21,24,33H,13-15H2,1-4H3,(H,31,37)(H,32,36)(H,38,39)/t17-,21+,24?,28-/m1/s1. The molecule has 224 valence electrons. The molecular formula is C28H34BN3O10. The number of benzene rings is 1. The number of ether oxygens (including phenoxy) is 1. The molecule has 2 amide bonds. The molecule has 42 heavy (non-hydrogen) atoms. The first kappa shape index (κ1) is 32.2. The molecule has 1 fully saturated rings. The van der Waals surface area contributed by atoms with Gasteiger partial charge in [0.25, 0.3) is 11.9 Å². The van der Waals surface area contributed by atoms with Crippen LogP contribution < -0.4 is 10.6 Å². The molecular weight excluding hydrogens is 549 g/mol. The van der Waals surface area contributed by atoms with Gasteiger partial charge in [-0.1, -0.05) is 50.2 Å². The number of aliphatic hydroxyl groups is 1. The van der Waals surface area contributed by atoms with Crippen molar-refractivity contribution in [1.29, 1.82) is 0 Å². The minimum absolute atomic E-state index is 0.00660. The van der Waals surface area contributed by atoms with Gasteiger partial charge in [0.1, 0.15) is 11.7 Å². The van der Waals surface area contributed by atoms with Gasteiger partial charge in [0, 0.05) is 5.56 Å². The Hall–Kier alpha value is -4.30. The number of methoxy groups -OCH3 is 1. The average molecular weight is 583 g/mol. The molecule has 0 radical (unpaired) electrons. The second-order valence-electron chi connectivity index (χ2n) is 10.4. The number of hydrogen-bond acceptors (Lipinski definition) is 10. The fraction of sp³-hybridized carbons (Fsp3) is 0.429. The van der Waals surface area contributed by atoms with Crippen LogP contribution in [-0.4, -0.2) is 82.8 Å². The number of aliphatic carboxylic acids is 1. The number of nitrogens with zero attached hydrogens (tertiary/aromatic N) is 1. The lowest BCUT2D eigenvalue weighted by molar-refractivity contribution is -0.175. The molecule has 0 bridgehead atoms. The lowest BCUT2D eigenvalue weighted by Crippen LogP contribution is -2.63. The summed E-state index contributed by atoms with van der Waals surface area (Å²) in [7, 11) is -0.524. The number of rotatable bonds is 12. The molecule has 1 unspecified atom stereocenters. The van der Waals surface area contributed by atoms with Crippen molar-refractivity contribution in [2.75, 3.05) is 7.11 Å². The van der Waals surface area contributed by atoms with Crippen LogP contribution in [0.3, 0.4) is 0 Å². The first-order valence-corrected chi connectivity index (χ1v) is 13.3. The number of nitrogens with one attached hydrogen (secondary N) is 2. The van der Waals surface area contributed by atoms with Crippen molar-refractivity contribution in [2.24, 2.45) is 5.92 Å². The Kier molecular flexibility index (Phi) is 10.8. The fourth-order valence-corrected chi connectivity index (χ4v) is 4.44. The second kappa shape index (κ2) is 14.1. The Bertz CT molecular complexity index is 1310. The van der Waals surface area contributed by atoms with Gasteiger partial charge in [0.15, 0.2) is 5.60 Å². The summed E-state index contributed by atoms with van der Waals surface area (Å²) in [5, 5.41) is 25.4. The molecule has 3 rings (SSSR count). The molecule has 1 saturated heterocycles. The van der Waals surface area contributed by atoms with E-state index in [0.29, 0.717) is 5.69 Å². The van der Waals surface area contributed by atoms with E-state index in [9.17, 15) is 34.2 Å². The maximum absolute atomic E-state index is 13.4. The van der Waals surface area contributed by atoms with Crippen molar-refractivity contribution in [3.05, 3.63) is 54.2 Å². The van der Waals surface area contributed by atoms with Crippen molar-refractivity contribution in [2.45, 2.75) is 63.7 Å². The topological polar surface area (TPSA) is 190 Å². The molecule has 1 aromatic carbocycles. The summed E-state index contributed by atoms with van der Waals surface area (Å²) in [5.41, 5.74) is -0.962. The number of aromatic nitrogens is 1. The highest BCUT2D eigenvalue weighted by Gasteiger charge is 2.55. The molecule has 1 aliphatic rings. The number of carbonyl (C=O) groups is 5. The first-order valence-electron chi connectivity index (χ1n) is 13.3. The largest absolute Gasteiger partial charge is 0.552 e. The Balaban J connectivity index is 1.82. The summed E-state index contributed by atoms with van der Waals surface area (Å²) >= 11 is 0. The van der Waals surface area contributed by atoms with E-state index in [4.69, 9.17) is 9.31 Å². The third-order valence-corrected chi connectivity index (χ3v) is 6.55. The lowest BCUT2D eigenvalue weighted by Gasteiger charge is -2.38. The molecule has 1 aromatic heterocycles. The Morgan fingerprint density at radius 1 is 1.07 bits per heavy atom. The van der Waals surface area contributed by atoms with Gasteiger partial charge >= 0.3 is 19.1 Å². The van der Waals surface area contributed by atoms with Crippen LogP contribution in [0.4, 0.5) is 0 Å². The van der Waals surface area contributed by atoms with Crippen molar-refractivity contribution < 1.29 is 48.2 Å². The minimum Gasteiger partial charge on any atom is -0.508 e. The smallest absolute Gasteiger partial charge is 0.508 e. The van der Waals surface area contributed by atoms with E-state index < -0.39 is 73.4 Å². The molecule has 0 aliphatic carbocycles. The number of amides is 2. The SMILES string of the molecule is COC(=O)C[C@]1(C(=O)O)CC(=O)OB([C@H](CC(C)C)NC(=O)C(NC(=O)c2cccc(-c3ccccc3)n2)[C@@H](C)O)O1. The van der Waals surface area contributed by atoms with Gasteiger partial charge in [0.2, 0.25) is 5.91 Å². The van der Waals surface area contributed by atoms with Crippen LogP contribution in [0.1, 0.15) is 50.5 Å². The summed E-state index contributed by atoms with van der Waals surface area (Å²) < 4.78 is 15.5. The van der Waals surface area contributed by atoms with Gasteiger partial charge in [-0.25, -0.2) is 9.78 Å². The molecule has 1 aliphatic heterocycles. The summed E-state index contributed by atoms with van der Waals surface area (Å²) in [5.74, 6) is -6.23. The van der Waals surface area contributed by atoms with Gasteiger partial charge in [-0.2, -0.15) is 0 Å². The zero-order valence-corrected chi connectivity index (χ0v) is 23.7. The third-order valence-electron chi connectivity index (χ3n) is 6.55. The summed E-state index contributed by atoms with van der Waals surface area (Å²) in [6.07, 6.45) is -2.73. The van der Waals surface area contributed by atoms with Crippen LogP contribution in [0, 0.1) is 5.92 Å². The van der Waals surface area contributed by atoms with Crippen LogP contribution in [0.25, 0.3) is 11.3 Å². The van der Waals surface area contributed by atoms with E-state index >= 15 is 0 Å². The Morgan fingerprint density at radius 3 is 2.36 bits per heavy atom. The van der Waals surface area contributed by atoms with Gasteiger partial charge in [0.05, 0.1) is 37.7 Å². The molecule has 4 atom stereocenters. The number of pyridine rings is 1. The molecule has 0 saturated carbocycles. The van der Waals surface area contributed by atoms with E-state index in [1.165, 1.54) is 13.0 Å². The number of esters is 1. The Labute approximate surface area is 243 Å². The van der Waals surface area contributed by atoms with E-state index in [1.54, 1.807) is 12.1 Å². The summed E-state index contributed by atoms with van der Waals surface area (Å²) in [6.45, 7) is 4.92. The van der Waals surface area contributed by atoms with Gasteiger partial charge in [-0.05, 0) is 31.4 Å². The van der Waals surface area contributed by atoms with Gasteiger partial charge in [-0.3, -0.25) is 19.2 Å².